The average Bonchev–Trinajstić information content (AvgIpc) is 2.33. The van der Waals surface area contributed by atoms with Crippen LogP contribution in [0.4, 0.5) is 5.69 Å². The monoisotopic (exact) mass is 222 g/mol. The molecule has 0 aliphatic heterocycles. The van der Waals surface area contributed by atoms with Gasteiger partial charge < -0.3 is 15.8 Å². The van der Waals surface area contributed by atoms with Crippen molar-refractivity contribution in [2.75, 3.05) is 25.0 Å². The number of nitrogens with two attached hydrogens (primary N) is 1. The second-order valence-electron chi connectivity index (χ2n) is 3.85. The number of anilines is 1. The van der Waals surface area contributed by atoms with Gasteiger partial charge in [0.2, 0.25) is 0 Å². The Balaban J connectivity index is 2.42. The molecule has 16 heavy (non-hydrogen) atoms. The van der Waals surface area contributed by atoms with Gasteiger partial charge in [0.05, 0.1) is 6.61 Å². The van der Waals surface area contributed by atoms with Gasteiger partial charge in [0.15, 0.2) is 0 Å². The third-order valence-corrected chi connectivity index (χ3v) is 2.67. The lowest BCUT2D eigenvalue weighted by atomic mass is 10.1. The molecule has 3 heteroatoms. The van der Waals surface area contributed by atoms with Crippen molar-refractivity contribution in [2.24, 2.45) is 11.7 Å². The molecular weight excluding hydrogens is 200 g/mol. The highest BCUT2D eigenvalue weighted by atomic mass is 16.5. The van der Waals surface area contributed by atoms with Crippen LogP contribution < -0.4 is 15.8 Å². The van der Waals surface area contributed by atoms with Gasteiger partial charge in [-0.05, 0) is 43.7 Å². The smallest absolute Gasteiger partial charge is 0.119 e. The topological polar surface area (TPSA) is 47.3 Å². The van der Waals surface area contributed by atoms with E-state index in [1.165, 1.54) is 0 Å². The molecule has 1 unspecified atom stereocenters. The summed E-state index contributed by atoms with van der Waals surface area (Å²) in [6.07, 6.45) is 1.11. The maximum atomic E-state index is 5.65. The van der Waals surface area contributed by atoms with Gasteiger partial charge in [-0.25, -0.2) is 0 Å². The zero-order valence-corrected chi connectivity index (χ0v) is 10.2. The molecule has 0 radical (unpaired) electrons. The highest BCUT2D eigenvalue weighted by Crippen LogP contribution is 2.16. The molecule has 3 nitrogen and oxygen atoms in total. The third kappa shape index (κ3) is 4.11. The molecule has 0 aliphatic rings. The summed E-state index contributed by atoms with van der Waals surface area (Å²) in [4.78, 5) is 0. The van der Waals surface area contributed by atoms with Gasteiger partial charge in [-0.15, -0.1) is 0 Å². The Morgan fingerprint density at radius 2 is 1.94 bits per heavy atom. The van der Waals surface area contributed by atoms with Crippen LogP contribution in [0.1, 0.15) is 20.3 Å². The van der Waals surface area contributed by atoms with E-state index in [-0.39, 0.29) is 0 Å². The normalized spacial score (nSPS) is 12.2. The zero-order chi connectivity index (χ0) is 11.8. The Morgan fingerprint density at radius 1 is 1.25 bits per heavy atom. The van der Waals surface area contributed by atoms with Crippen molar-refractivity contribution in [3.8, 4) is 5.75 Å². The van der Waals surface area contributed by atoms with Crippen LogP contribution in [0.2, 0.25) is 0 Å². The molecule has 1 rings (SSSR count). The molecule has 0 heterocycles. The van der Waals surface area contributed by atoms with E-state index >= 15 is 0 Å². The lowest BCUT2D eigenvalue weighted by Gasteiger charge is -2.14. The van der Waals surface area contributed by atoms with Gasteiger partial charge in [0.25, 0.3) is 0 Å². The molecule has 0 spiro atoms. The molecule has 1 aromatic carbocycles. The van der Waals surface area contributed by atoms with Crippen molar-refractivity contribution in [3.05, 3.63) is 24.3 Å². The first kappa shape index (κ1) is 12.8. The largest absolute Gasteiger partial charge is 0.494 e. The predicted octanol–water partition coefficient (Wildman–Crippen LogP) is 2.48. The number of nitrogens with one attached hydrogen (secondary N) is 1. The maximum Gasteiger partial charge on any atom is 0.119 e. The molecule has 0 saturated carbocycles. The first-order valence-electron chi connectivity index (χ1n) is 5.96. The minimum Gasteiger partial charge on any atom is -0.494 e. The molecule has 0 bridgehead atoms. The fourth-order valence-corrected chi connectivity index (χ4v) is 1.49. The van der Waals surface area contributed by atoms with Crippen molar-refractivity contribution >= 4 is 5.69 Å². The Bertz CT molecular complexity index is 280. The number of benzene rings is 1. The lowest BCUT2D eigenvalue weighted by molar-refractivity contribution is 0.340. The number of hydrogen-bond donors (Lipinski definition) is 2. The third-order valence-electron chi connectivity index (χ3n) is 2.67. The quantitative estimate of drug-likeness (QED) is 0.745. The van der Waals surface area contributed by atoms with Gasteiger partial charge >= 0.3 is 0 Å². The lowest BCUT2D eigenvalue weighted by Crippen LogP contribution is -2.21. The summed E-state index contributed by atoms with van der Waals surface area (Å²) in [5, 5.41) is 3.38. The molecule has 1 aromatic rings. The Morgan fingerprint density at radius 3 is 2.44 bits per heavy atom. The minimum absolute atomic E-state index is 0.548. The highest BCUT2D eigenvalue weighted by Gasteiger charge is 2.02. The molecule has 3 N–H and O–H groups in total. The van der Waals surface area contributed by atoms with Crippen LogP contribution in [0.15, 0.2) is 24.3 Å². The average molecular weight is 222 g/mol. The van der Waals surface area contributed by atoms with E-state index in [1.807, 2.05) is 31.2 Å². The summed E-state index contributed by atoms with van der Waals surface area (Å²) in [5.74, 6) is 1.46. The van der Waals surface area contributed by atoms with Gasteiger partial charge in [-0.2, -0.15) is 0 Å². The van der Waals surface area contributed by atoms with Crippen LogP contribution in [0.3, 0.4) is 0 Å². The predicted molar refractivity (Wildman–Crippen MR) is 68.9 cm³/mol. The van der Waals surface area contributed by atoms with E-state index < -0.39 is 0 Å². The van der Waals surface area contributed by atoms with Crippen molar-refractivity contribution in [2.45, 2.75) is 20.3 Å². The van der Waals surface area contributed by atoms with E-state index in [9.17, 15) is 0 Å². The maximum absolute atomic E-state index is 5.65. The van der Waals surface area contributed by atoms with Crippen LogP contribution in [0.5, 0.6) is 5.75 Å². The second kappa shape index (κ2) is 7.12. The molecule has 0 aromatic heterocycles. The fourth-order valence-electron chi connectivity index (χ4n) is 1.49. The van der Waals surface area contributed by atoms with E-state index in [1.54, 1.807) is 0 Å². The molecule has 0 aliphatic carbocycles. The van der Waals surface area contributed by atoms with Crippen LogP contribution >= 0.6 is 0 Å². The summed E-state index contributed by atoms with van der Waals surface area (Å²) < 4.78 is 5.38. The zero-order valence-electron chi connectivity index (χ0n) is 10.2. The first-order valence-corrected chi connectivity index (χ1v) is 5.96. The standard InChI is InChI=1S/C13H22N2O/c1-3-11(9-14)10-15-12-5-7-13(8-6-12)16-4-2/h5-8,11,15H,3-4,9-10,14H2,1-2H3. The van der Waals surface area contributed by atoms with Gasteiger partial charge in [-0.3, -0.25) is 0 Å². The van der Waals surface area contributed by atoms with E-state index in [2.05, 4.69) is 12.2 Å². The van der Waals surface area contributed by atoms with E-state index in [0.29, 0.717) is 12.5 Å². The summed E-state index contributed by atoms with van der Waals surface area (Å²) in [6.45, 7) is 6.52. The van der Waals surface area contributed by atoms with Crippen molar-refractivity contribution < 1.29 is 4.74 Å². The highest BCUT2D eigenvalue weighted by molar-refractivity contribution is 5.46. The number of ether oxygens (including phenoxy) is 1. The van der Waals surface area contributed by atoms with Crippen molar-refractivity contribution in [1.29, 1.82) is 0 Å². The van der Waals surface area contributed by atoms with Crippen LogP contribution in [0, 0.1) is 5.92 Å². The molecule has 90 valence electrons. The van der Waals surface area contributed by atoms with Crippen LogP contribution in [-0.2, 0) is 0 Å². The number of rotatable bonds is 7. The number of hydrogen-bond acceptors (Lipinski definition) is 3. The molecule has 1 atom stereocenters. The van der Waals surface area contributed by atoms with E-state index in [0.717, 1.165) is 30.9 Å². The van der Waals surface area contributed by atoms with Crippen molar-refractivity contribution in [3.63, 3.8) is 0 Å². The molecule has 0 amide bonds. The summed E-state index contributed by atoms with van der Waals surface area (Å²) in [6, 6.07) is 8.03. The SMILES string of the molecule is CCOc1ccc(NCC(CC)CN)cc1. The summed E-state index contributed by atoms with van der Waals surface area (Å²) >= 11 is 0. The Labute approximate surface area is 98.0 Å². The second-order valence-corrected chi connectivity index (χ2v) is 3.85. The van der Waals surface area contributed by atoms with Crippen LogP contribution in [0.25, 0.3) is 0 Å². The van der Waals surface area contributed by atoms with Gasteiger partial charge in [0.1, 0.15) is 5.75 Å². The minimum atomic E-state index is 0.548. The fraction of sp³-hybridized carbons (Fsp3) is 0.538. The summed E-state index contributed by atoms with van der Waals surface area (Å²) in [7, 11) is 0. The van der Waals surface area contributed by atoms with Gasteiger partial charge in [0, 0.05) is 12.2 Å². The summed E-state index contributed by atoms with van der Waals surface area (Å²) in [5.41, 5.74) is 6.77. The van der Waals surface area contributed by atoms with Crippen LogP contribution in [-0.4, -0.2) is 19.7 Å². The molecular formula is C13H22N2O. The van der Waals surface area contributed by atoms with Gasteiger partial charge in [-0.1, -0.05) is 13.3 Å². The van der Waals surface area contributed by atoms with Crippen molar-refractivity contribution in [1.82, 2.24) is 0 Å². The molecule has 0 fully saturated rings. The first-order chi connectivity index (χ1) is 7.80. The Kier molecular flexibility index (Phi) is 5.72. The molecule has 0 saturated heterocycles. The van der Waals surface area contributed by atoms with E-state index in [4.69, 9.17) is 10.5 Å². The Hall–Kier alpha value is -1.22.